The number of benzene rings is 1. The highest BCUT2D eigenvalue weighted by atomic mass is 16.7. The van der Waals surface area contributed by atoms with Gasteiger partial charge in [0, 0.05) is 11.9 Å². The monoisotopic (exact) mass is 247 g/mol. The molecule has 3 rings (SSSR count). The molecule has 2 heterocycles. The van der Waals surface area contributed by atoms with Crippen LogP contribution in [0.5, 0.6) is 11.6 Å². The predicted octanol–water partition coefficient (Wildman–Crippen LogP) is 2.57. The summed E-state index contributed by atoms with van der Waals surface area (Å²) in [6.07, 6.45) is 0.215. The van der Waals surface area contributed by atoms with Crippen LogP contribution in [0.3, 0.4) is 0 Å². The Labute approximate surface area is 104 Å². The van der Waals surface area contributed by atoms with E-state index >= 15 is 0 Å². The number of hydrogen-bond donors (Lipinski definition) is 0. The van der Waals surface area contributed by atoms with Crippen LogP contribution in [0.1, 0.15) is 6.42 Å². The molecule has 1 aromatic carbocycles. The summed E-state index contributed by atoms with van der Waals surface area (Å²) in [6.45, 7) is 1.49. The number of carbonyl (C=O) groups is 1. The van der Waals surface area contributed by atoms with Crippen LogP contribution < -0.4 is 9.47 Å². The predicted molar refractivity (Wildman–Crippen MR) is 65.1 cm³/mol. The van der Waals surface area contributed by atoms with Crippen molar-refractivity contribution in [2.45, 2.75) is 13.0 Å². The van der Waals surface area contributed by atoms with Gasteiger partial charge in [-0.25, -0.2) is 4.79 Å². The Morgan fingerprint density at radius 3 is 3.06 bits per heavy atom. The zero-order valence-corrected chi connectivity index (χ0v) is 10.0. The molecule has 0 radical (unpaired) electrons. The van der Waals surface area contributed by atoms with Gasteiger partial charge >= 0.3 is 6.16 Å². The maximum absolute atomic E-state index is 11.3. The topological polar surface area (TPSA) is 49.7 Å². The highest BCUT2D eigenvalue weighted by molar-refractivity contribution is 5.92. The first-order valence-corrected chi connectivity index (χ1v) is 5.81. The van der Waals surface area contributed by atoms with Crippen LogP contribution in [0.15, 0.2) is 24.3 Å². The molecule has 5 heteroatoms. The van der Waals surface area contributed by atoms with Crippen LogP contribution in [0, 0.1) is 0 Å². The fourth-order valence-electron chi connectivity index (χ4n) is 2.23. The lowest BCUT2D eigenvalue weighted by molar-refractivity contribution is 0.118. The molecule has 18 heavy (non-hydrogen) atoms. The SMILES string of the molecule is COC(=O)Oc1c2n(c3ccccc13)CCCO2. The quantitative estimate of drug-likeness (QED) is 0.727. The first-order chi connectivity index (χ1) is 8.81. The Morgan fingerprint density at radius 1 is 1.39 bits per heavy atom. The van der Waals surface area contributed by atoms with E-state index in [1.165, 1.54) is 7.11 Å². The number of rotatable bonds is 1. The molecule has 0 fully saturated rings. The molecular weight excluding hydrogens is 234 g/mol. The first-order valence-electron chi connectivity index (χ1n) is 5.81. The van der Waals surface area contributed by atoms with E-state index in [0.29, 0.717) is 18.2 Å². The highest BCUT2D eigenvalue weighted by Crippen LogP contribution is 2.41. The fourth-order valence-corrected chi connectivity index (χ4v) is 2.23. The van der Waals surface area contributed by atoms with Crippen LogP contribution in [-0.2, 0) is 11.3 Å². The van der Waals surface area contributed by atoms with Crippen LogP contribution >= 0.6 is 0 Å². The molecule has 0 spiro atoms. The standard InChI is InChI=1S/C13H13NO4/c1-16-13(15)18-11-9-5-2-3-6-10(9)14-7-4-8-17-12(11)14/h2-3,5-6H,4,7-8H2,1H3. The third-order valence-electron chi connectivity index (χ3n) is 3.00. The zero-order chi connectivity index (χ0) is 12.5. The molecule has 0 bridgehead atoms. The summed E-state index contributed by atoms with van der Waals surface area (Å²) in [5.74, 6) is 1.05. The van der Waals surface area contributed by atoms with E-state index < -0.39 is 6.16 Å². The lowest BCUT2D eigenvalue weighted by Crippen LogP contribution is -2.15. The van der Waals surface area contributed by atoms with Gasteiger partial charge in [0.1, 0.15) is 0 Å². The largest absolute Gasteiger partial charge is 0.513 e. The highest BCUT2D eigenvalue weighted by Gasteiger charge is 2.24. The zero-order valence-electron chi connectivity index (χ0n) is 10.0. The minimum absolute atomic E-state index is 0.442. The number of para-hydroxylation sites is 1. The molecular formula is C13H13NO4. The van der Waals surface area contributed by atoms with E-state index in [0.717, 1.165) is 23.9 Å². The third-order valence-corrected chi connectivity index (χ3v) is 3.00. The van der Waals surface area contributed by atoms with E-state index in [1.807, 2.05) is 28.8 Å². The van der Waals surface area contributed by atoms with Gasteiger partial charge in [0.15, 0.2) is 0 Å². The van der Waals surface area contributed by atoms with E-state index in [2.05, 4.69) is 4.74 Å². The van der Waals surface area contributed by atoms with Crippen LogP contribution in [0.2, 0.25) is 0 Å². The number of carbonyl (C=O) groups excluding carboxylic acids is 1. The summed E-state index contributed by atoms with van der Waals surface area (Å²) < 4.78 is 17.4. The van der Waals surface area contributed by atoms with Gasteiger partial charge in [-0.2, -0.15) is 0 Å². The number of aromatic nitrogens is 1. The molecule has 0 amide bonds. The van der Waals surface area contributed by atoms with Crippen molar-refractivity contribution in [2.75, 3.05) is 13.7 Å². The number of nitrogens with zero attached hydrogens (tertiary/aromatic N) is 1. The van der Waals surface area contributed by atoms with Crippen molar-refractivity contribution in [3.8, 4) is 11.6 Å². The maximum Gasteiger partial charge on any atom is 0.513 e. The molecule has 2 aromatic rings. The third kappa shape index (κ3) is 1.59. The number of aryl methyl sites for hydroxylation is 1. The van der Waals surface area contributed by atoms with Crippen molar-refractivity contribution < 1.29 is 19.0 Å². The molecule has 0 aliphatic carbocycles. The van der Waals surface area contributed by atoms with Crippen LogP contribution in [-0.4, -0.2) is 24.4 Å². The van der Waals surface area contributed by atoms with E-state index in [-0.39, 0.29) is 0 Å². The molecule has 0 saturated heterocycles. The Morgan fingerprint density at radius 2 is 2.22 bits per heavy atom. The minimum atomic E-state index is -0.733. The summed E-state index contributed by atoms with van der Waals surface area (Å²) in [7, 11) is 1.29. The average Bonchev–Trinajstić information content (AvgIpc) is 2.74. The lowest BCUT2D eigenvalue weighted by Gasteiger charge is -2.17. The van der Waals surface area contributed by atoms with E-state index in [9.17, 15) is 4.79 Å². The second-order valence-corrected chi connectivity index (χ2v) is 4.06. The Hall–Kier alpha value is -2.17. The summed E-state index contributed by atoms with van der Waals surface area (Å²) in [5.41, 5.74) is 1.01. The minimum Gasteiger partial charge on any atom is -0.476 e. The molecule has 94 valence electrons. The van der Waals surface area contributed by atoms with Crippen molar-refractivity contribution in [3.63, 3.8) is 0 Å². The van der Waals surface area contributed by atoms with E-state index in [1.54, 1.807) is 0 Å². The van der Waals surface area contributed by atoms with Gasteiger partial charge in [0.25, 0.3) is 0 Å². The van der Waals surface area contributed by atoms with Gasteiger partial charge in [-0.05, 0) is 18.6 Å². The van der Waals surface area contributed by atoms with Crippen molar-refractivity contribution in [1.82, 2.24) is 4.57 Å². The van der Waals surface area contributed by atoms with Crippen molar-refractivity contribution in [1.29, 1.82) is 0 Å². The number of ether oxygens (including phenoxy) is 3. The van der Waals surface area contributed by atoms with E-state index in [4.69, 9.17) is 9.47 Å². The summed E-state index contributed by atoms with van der Waals surface area (Å²) in [4.78, 5) is 11.3. The molecule has 1 aliphatic heterocycles. The molecule has 0 N–H and O–H groups in total. The van der Waals surface area contributed by atoms with Gasteiger partial charge in [-0.15, -0.1) is 0 Å². The summed E-state index contributed by atoms with van der Waals surface area (Å²) in [5, 5.41) is 0.861. The summed E-state index contributed by atoms with van der Waals surface area (Å²) >= 11 is 0. The normalized spacial score (nSPS) is 13.8. The van der Waals surface area contributed by atoms with Crippen molar-refractivity contribution >= 4 is 17.1 Å². The molecule has 0 saturated carbocycles. The second-order valence-electron chi connectivity index (χ2n) is 4.06. The van der Waals surface area contributed by atoms with Crippen LogP contribution in [0.25, 0.3) is 10.9 Å². The number of fused-ring (bicyclic) bond motifs is 3. The van der Waals surface area contributed by atoms with Gasteiger partial charge in [-0.3, -0.25) is 0 Å². The number of methoxy groups -OCH3 is 1. The van der Waals surface area contributed by atoms with Gasteiger partial charge in [-0.1, -0.05) is 12.1 Å². The fraction of sp³-hybridized carbons (Fsp3) is 0.308. The molecule has 0 atom stereocenters. The maximum atomic E-state index is 11.3. The molecule has 0 unspecified atom stereocenters. The Bertz CT molecular complexity index is 602. The first kappa shape index (κ1) is 11.0. The smallest absolute Gasteiger partial charge is 0.476 e. The Balaban J connectivity index is 2.19. The second kappa shape index (κ2) is 4.25. The number of hydrogen-bond acceptors (Lipinski definition) is 4. The van der Waals surface area contributed by atoms with Crippen molar-refractivity contribution in [2.24, 2.45) is 0 Å². The van der Waals surface area contributed by atoms with Gasteiger partial charge < -0.3 is 18.8 Å². The molecule has 1 aliphatic rings. The van der Waals surface area contributed by atoms with Crippen molar-refractivity contribution in [3.05, 3.63) is 24.3 Å². The Kier molecular flexibility index (Phi) is 2.59. The average molecular weight is 247 g/mol. The van der Waals surface area contributed by atoms with Crippen LogP contribution in [0.4, 0.5) is 4.79 Å². The lowest BCUT2D eigenvalue weighted by atomic mass is 10.2. The molecule has 5 nitrogen and oxygen atoms in total. The van der Waals surface area contributed by atoms with Gasteiger partial charge in [0.2, 0.25) is 11.6 Å². The molecule has 1 aromatic heterocycles. The van der Waals surface area contributed by atoms with Gasteiger partial charge in [0.05, 0.1) is 19.2 Å². The summed E-state index contributed by atoms with van der Waals surface area (Å²) in [6, 6.07) is 7.74.